The Morgan fingerprint density at radius 2 is 2.20 bits per heavy atom. The number of imidazole rings is 1. The van der Waals surface area contributed by atoms with E-state index in [0.717, 1.165) is 22.5 Å². The molecule has 1 aliphatic rings. The van der Waals surface area contributed by atoms with E-state index in [1.165, 1.54) is 5.56 Å². The van der Waals surface area contributed by atoms with Gasteiger partial charge in [0.1, 0.15) is 6.04 Å². The highest BCUT2D eigenvalue weighted by Gasteiger charge is 2.33. The molecule has 0 radical (unpaired) electrons. The molecule has 0 fully saturated rings. The minimum Gasteiger partial charge on any atom is -0.480 e. The lowest BCUT2D eigenvalue weighted by Crippen LogP contribution is -2.45. The summed E-state index contributed by atoms with van der Waals surface area (Å²) < 4.78 is 0. The normalized spacial score (nSPS) is 21.5. The summed E-state index contributed by atoms with van der Waals surface area (Å²) >= 11 is 0. The van der Waals surface area contributed by atoms with Crippen molar-refractivity contribution in [1.29, 1.82) is 0 Å². The van der Waals surface area contributed by atoms with E-state index in [1.54, 1.807) is 6.33 Å². The zero-order chi connectivity index (χ0) is 14.3. The van der Waals surface area contributed by atoms with Gasteiger partial charge in [-0.3, -0.25) is 10.1 Å². The van der Waals surface area contributed by atoms with Crippen molar-refractivity contribution >= 4 is 5.97 Å². The predicted molar refractivity (Wildman–Crippen MR) is 74.6 cm³/mol. The molecule has 1 aromatic carbocycles. The molecule has 5 heteroatoms. The fraction of sp³-hybridized carbons (Fsp3) is 0.333. The van der Waals surface area contributed by atoms with Gasteiger partial charge in [0.25, 0.3) is 0 Å². The molecule has 2 heterocycles. The summed E-state index contributed by atoms with van der Waals surface area (Å²) in [5.41, 5.74) is 5.21. The number of benzene rings is 1. The Hall–Kier alpha value is -2.14. The number of carboxylic acids is 1. The zero-order valence-electron chi connectivity index (χ0n) is 11.5. The Kier molecular flexibility index (Phi) is 3.06. The second-order valence-electron chi connectivity index (χ2n) is 5.32. The minimum atomic E-state index is -0.833. The maximum absolute atomic E-state index is 11.3. The van der Waals surface area contributed by atoms with Gasteiger partial charge < -0.3 is 10.1 Å². The molecule has 0 saturated carbocycles. The van der Waals surface area contributed by atoms with Gasteiger partial charge in [-0.2, -0.15) is 0 Å². The highest BCUT2D eigenvalue weighted by molar-refractivity contribution is 5.74. The number of nitrogens with one attached hydrogen (secondary N) is 2. The first-order valence-corrected chi connectivity index (χ1v) is 6.64. The van der Waals surface area contributed by atoms with Crippen molar-refractivity contribution in [1.82, 2.24) is 15.3 Å². The van der Waals surface area contributed by atoms with Crippen molar-refractivity contribution in [3.8, 4) is 0 Å². The topological polar surface area (TPSA) is 78.0 Å². The van der Waals surface area contributed by atoms with Crippen LogP contribution in [-0.2, 0) is 11.2 Å². The van der Waals surface area contributed by atoms with Gasteiger partial charge in [-0.1, -0.05) is 23.8 Å². The molecule has 0 saturated heterocycles. The van der Waals surface area contributed by atoms with Crippen molar-refractivity contribution < 1.29 is 9.90 Å². The van der Waals surface area contributed by atoms with Crippen LogP contribution in [0.2, 0.25) is 0 Å². The lowest BCUT2D eigenvalue weighted by molar-refractivity contribution is -0.139. The number of aryl methyl sites for hydroxylation is 2. The van der Waals surface area contributed by atoms with Crippen LogP contribution in [-0.4, -0.2) is 27.1 Å². The lowest BCUT2D eigenvalue weighted by atomic mass is 9.91. The molecular formula is C15H17N3O2. The SMILES string of the molecule is Cc1ccc([C@H]2N[C@@H](C(=O)O)Cc3[nH]cnc32)c(C)c1. The molecule has 0 amide bonds. The average Bonchev–Trinajstić information content (AvgIpc) is 2.86. The van der Waals surface area contributed by atoms with Crippen LogP contribution in [0, 0.1) is 13.8 Å². The van der Waals surface area contributed by atoms with Gasteiger partial charge in [-0.15, -0.1) is 0 Å². The number of aliphatic carboxylic acids is 1. The van der Waals surface area contributed by atoms with E-state index in [-0.39, 0.29) is 6.04 Å². The first-order chi connectivity index (χ1) is 9.56. The number of hydrogen-bond donors (Lipinski definition) is 3. The summed E-state index contributed by atoms with van der Waals surface area (Å²) in [6, 6.07) is 5.43. The number of nitrogens with zero attached hydrogens (tertiary/aromatic N) is 1. The number of fused-ring (bicyclic) bond motifs is 1. The summed E-state index contributed by atoms with van der Waals surface area (Å²) in [6.45, 7) is 4.09. The Morgan fingerprint density at radius 1 is 1.40 bits per heavy atom. The van der Waals surface area contributed by atoms with Gasteiger partial charge in [0, 0.05) is 12.1 Å². The maximum atomic E-state index is 11.3. The molecule has 5 nitrogen and oxygen atoms in total. The third kappa shape index (κ3) is 2.10. The number of rotatable bonds is 2. The molecular weight excluding hydrogens is 254 g/mol. The monoisotopic (exact) mass is 271 g/mol. The maximum Gasteiger partial charge on any atom is 0.321 e. The van der Waals surface area contributed by atoms with Crippen LogP contribution in [0.5, 0.6) is 0 Å². The standard InChI is InChI=1S/C15H17N3O2/c1-8-3-4-10(9(2)5-8)13-14-11(16-7-17-14)6-12(18-13)15(19)20/h3-5,7,12-13,18H,6H2,1-2H3,(H,16,17)(H,19,20)/t12-,13-/m1/s1. The van der Waals surface area contributed by atoms with Crippen LogP contribution in [0.25, 0.3) is 0 Å². The van der Waals surface area contributed by atoms with Crippen LogP contribution in [0.4, 0.5) is 0 Å². The van der Waals surface area contributed by atoms with Gasteiger partial charge in [0.2, 0.25) is 0 Å². The number of aromatic nitrogens is 2. The first kappa shape index (κ1) is 12.9. The molecule has 1 aromatic heterocycles. The highest BCUT2D eigenvalue weighted by Crippen LogP contribution is 2.30. The van der Waals surface area contributed by atoms with Gasteiger partial charge in [-0.05, 0) is 25.0 Å². The van der Waals surface area contributed by atoms with Crippen molar-refractivity contribution in [3.63, 3.8) is 0 Å². The molecule has 20 heavy (non-hydrogen) atoms. The molecule has 3 rings (SSSR count). The lowest BCUT2D eigenvalue weighted by Gasteiger charge is -2.29. The van der Waals surface area contributed by atoms with Crippen molar-refractivity contribution in [3.05, 3.63) is 52.6 Å². The van der Waals surface area contributed by atoms with E-state index in [9.17, 15) is 9.90 Å². The first-order valence-electron chi connectivity index (χ1n) is 6.64. The molecule has 104 valence electrons. The van der Waals surface area contributed by atoms with E-state index in [4.69, 9.17) is 0 Å². The van der Waals surface area contributed by atoms with E-state index in [0.29, 0.717) is 6.42 Å². The zero-order valence-corrected chi connectivity index (χ0v) is 11.5. The van der Waals surface area contributed by atoms with Crippen molar-refractivity contribution in [2.75, 3.05) is 0 Å². The summed E-state index contributed by atoms with van der Waals surface area (Å²) in [6.07, 6.45) is 2.07. The highest BCUT2D eigenvalue weighted by atomic mass is 16.4. The summed E-state index contributed by atoms with van der Waals surface area (Å²) in [4.78, 5) is 18.7. The van der Waals surface area contributed by atoms with E-state index in [2.05, 4.69) is 21.4 Å². The Balaban J connectivity index is 2.06. The van der Waals surface area contributed by atoms with E-state index < -0.39 is 12.0 Å². The fourth-order valence-corrected chi connectivity index (χ4v) is 2.83. The van der Waals surface area contributed by atoms with Gasteiger partial charge in [-0.25, -0.2) is 4.98 Å². The molecule has 2 aromatic rings. The summed E-state index contributed by atoms with van der Waals surface area (Å²) in [5.74, 6) is -0.833. The van der Waals surface area contributed by atoms with Crippen LogP contribution in [0.15, 0.2) is 24.5 Å². The average molecular weight is 271 g/mol. The number of aromatic amines is 1. The number of H-pyrrole nitrogens is 1. The van der Waals surface area contributed by atoms with Gasteiger partial charge in [0.05, 0.1) is 18.1 Å². The van der Waals surface area contributed by atoms with E-state index >= 15 is 0 Å². The third-order valence-corrected chi connectivity index (χ3v) is 3.84. The molecule has 2 atom stereocenters. The van der Waals surface area contributed by atoms with Crippen LogP contribution in [0.1, 0.15) is 34.1 Å². The number of hydrogen-bond acceptors (Lipinski definition) is 3. The van der Waals surface area contributed by atoms with E-state index in [1.807, 2.05) is 26.0 Å². The van der Waals surface area contributed by atoms with Crippen molar-refractivity contribution in [2.24, 2.45) is 0 Å². The second-order valence-corrected chi connectivity index (χ2v) is 5.32. The molecule has 3 N–H and O–H groups in total. The third-order valence-electron chi connectivity index (χ3n) is 3.84. The molecule has 0 bridgehead atoms. The Labute approximate surface area is 117 Å². The smallest absolute Gasteiger partial charge is 0.321 e. The molecule has 1 aliphatic heterocycles. The molecule has 0 aliphatic carbocycles. The Bertz CT molecular complexity index is 663. The minimum absolute atomic E-state index is 0.174. The van der Waals surface area contributed by atoms with Gasteiger partial charge >= 0.3 is 5.97 Å². The van der Waals surface area contributed by atoms with Crippen molar-refractivity contribution in [2.45, 2.75) is 32.4 Å². The summed E-state index contributed by atoms with van der Waals surface area (Å²) in [7, 11) is 0. The number of carbonyl (C=O) groups is 1. The van der Waals surface area contributed by atoms with Crippen LogP contribution in [0.3, 0.4) is 0 Å². The fourth-order valence-electron chi connectivity index (χ4n) is 2.83. The number of carboxylic acid groups (broad SMARTS) is 1. The molecule has 0 unspecified atom stereocenters. The van der Waals surface area contributed by atoms with Crippen LogP contribution >= 0.6 is 0 Å². The Morgan fingerprint density at radius 3 is 2.90 bits per heavy atom. The van der Waals surface area contributed by atoms with Crippen LogP contribution < -0.4 is 5.32 Å². The van der Waals surface area contributed by atoms with Gasteiger partial charge in [0.15, 0.2) is 0 Å². The quantitative estimate of drug-likeness (QED) is 0.777. The largest absolute Gasteiger partial charge is 0.480 e. The second kappa shape index (κ2) is 4.76. The molecule has 0 spiro atoms. The summed E-state index contributed by atoms with van der Waals surface area (Å²) in [5, 5.41) is 12.5. The predicted octanol–water partition coefficient (Wildman–Crippen LogP) is 1.71.